The van der Waals surface area contributed by atoms with E-state index in [0.29, 0.717) is 11.3 Å². The highest BCUT2D eigenvalue weighted by Gasteiger charge is 2.35. The number of alkyl halides is 5. The summed E-state index contributed by atoms with van der Waals surface area (Å²) in [6.07, 6.45) is -5.22. The second-order valence-electron chi connectivity index (χ2n) is 10.7. The third kappa shape index (κ3) is 9.39. The van der Waals surface area contributed by atoms with Gasteiger partial charge in [0.1, 0.15) is 11.9 Å². The van der Waals surface area contributed by atoms with Crippen molar-refractivity contribution in [3.8, 4) is 5.75 Å². The van der Waals surface area contributed by atoms with Gasteiger partial charge in [0.05, 0.1) is 47.9 Å². The molecule has 47 heavy (non-hydrogen) atoms. The topological polar surface area (TPSA) is 134 Å². The van der Waals surface area contributed by atoms with Crippen molar-refractivity contribution in [1.29, 1.82) is 0 Å². The Kier molecular flexibility index (Phi) is 11.4. The van der Waals surface area contributed by atoms with Crippen molar-refractivity contribution >= 4 is 27.3 Å². The van der Waals surface area contributed by atoms with Crippen molar-refractivity contribution in [3.05, 3.63) is 89.5 Å². The van der Waals surface area contributed by atoms with E-state index in [2.05, 4.69) is 10.1 Å². The van der Waals surface area contributed by atoms with E-state index in [1.807, 2.05) is 0 Å². The second kappa shape index (κ2) is 15.1. The molecule has 4 rings (SSSR count). The van der Waals surface area contributed by atoms with E-state index in [-0.39, 0.29) is 48.0 Å². The van der Waals surface area contributed by atoms with Gasteiger partial charge in [-0.05, 0) is 66.2 Å². The van der Waals surface area contributed by atoms with Gasteiger partial charge in [-0.1, -0.05) is 19.1 Å². The Balaban J connectivity index is 1.48. The first-order valence-corrected chi connectivity index (χ1v) is 16.0. The number of ether oxygens (including phenoxy) is 2. The summed E-state index contributed by atoms with van der Waals surface area (Å²) in [5.74, 6) is -1.33. The number of carbonyl (C=O) groups is 2. The van der Waals surface area contributed by atoms with Gasteiger partial charge >= 0.3 is 12.8 Å². The lowest BCUT2D eigenvalue weighted by Gasteiger charge is -2.26. The van der Waals surface area contributed by atoms with E-state index in [1.165, 1.54) is 60.9 Å². The molecule has 1 aliphatic rings. The lowest BCUT2D eigenvalue weighted by molar-refractivity contribution is -0.137. The number of amides is 2. The number of nitrogens with one attached hydrogen (secondary N) is 2. The van der Waals surface area contributed by atoms with E-state index in [4.69, 9.17) is 9.94 Å². The first-order valence-electron chi connectivity index (χ1n) is 14.4. The summed E-state index contributed by atoms with van der Waals surface area (Å²) in [5.41, 5.74) is 1.78. The first-order chi connectivity index (χ1) is 22.2. The van der Waals surface area contributed by atoms with E-state index in [9.17, 15) is 40.0 Å². The number of hydroxylamine groups is 1. The molecule has 3 aromatic rings. The largest absolute Gasteiger partial charge is 0.489 e. The molecule has 0 saturated carbocycles. The lowest BCUT2D eigenvalue weighted by atomic mass is 10.0. The van der Waals surface area contributed by atoms with Crippen molar-refractivity contribution in [2.24, 2.45) is 0 Å². The van der Waals surface area contributed by atoms with Crippen LogP contribution in [-0.2, 0) is 25.5 Å². The number of carbonyl (C=O) groups excluding carboxylic acids is 2. The fourth-order valence-electron chi connectivity index (χ4n) is 5.14. The Morgan fingerprint density at radius 2 is 1.64 bits per heavy atom. The van der Waals surface area contributed by atoms with Gasteiger partial charge in [0.25, 0.3) is 5.91 Å². The number of anilines is 1. The summed E-state index contributed by atoms with van der Waals surface area (Å²) >= 11 is 0. The Bertz CT molecular complexity index is 1620. The number of sulfone groups is 1. The maximum atomic E-state index is 13.2. The average molecular weight is 686 g/mol. The number of nitrogens with zero attached hydrogens (tertiary/aromatic N) is 1. The van der Waals surface area contributed by atoms with Gasteiger partial charge in [0.2, 0.25) is 5.91 Å². The van der Waals surface area contributed by atoms with Crippen LogP contribution in [-0.4, -0.2) is 63.1 Å². The van der Waals surface area contributed by atoms with Gasteiger partial charge in [-0.25, -0.2) is 13.9 Å². The molecule has 0 bridgehead atoms. The molecule has 3 N–H and O–H groups in total. The third-order valence-corrected chi connectivity index (χ3v) is 9.33. The molecule has 1 saturated heterocycles. The maximum absolute atomic E-state index is 13.2. The van der Waals surface area contributed by atoms with Crippen molar-refractivity contribution in [2.45, 2.75) is 55.6 Å². The second-order valence-corrected chi connectivity index (χ2v) is 13.0. The van der Waals surface area contributed by atoms with Crippen molar-refractivity contribution in [3.63, 3.8) is 0 Å². The van der Waals surface area contributed by atoms with Crippen molar-refractivity contribution in [2.75, 3.05) is 23.8 Å². The number of halogens is 5. The highest BCUT2D eigenvalue weighted by atomic mass is 32.2. The zero-order chi connectivity index (χ0) is 34.4. The number of hydrogen-bond donors (Lipinski definition) is 3. The summed E-state index contributed by atoms with van der Waals surface area (Å²) in [7, 11) is -3.48. The van der Waals surface area contributed by atoms with Gasteiger partial charge in [-0.15, -0.1) is 0 Å². The molecule has 0 radical (unpaired) electrons. The van der Waals surface area contributed by atoms with Gasteiger partial charge in [-0.3, -0.25) is 14.8 Å². The Morgan fingerprint density at radius 1 is 1.00 bits per heavy atom. The summed E-state index contributed by atoms with van der Waals surface area (Å²) in [4.78, 5) is 27.0. The number of benzene rings is 3. The van der Waals surface area contributed by atoms with Gasteiger partial charge in [-0.2, -0.15) is 22.0 Å². The van der Waals surface area contributed by atoms with E-state index >= 15 is 0 Å². The van der Waals surface area contributed by atoms with Gasteiger partial charge in [0.15, 0.2) is 9.84 Å². The quantitative estimate of drug-likeness (QED) is 0.128. The van der Waals surface area contributed by atoms with E-state index in [0.717, 1.165) is 12.1 Å². The van der Waals surface area contributed by atoms with Crippen LogP contribution < -0.4 is 20.4 Å². The predicted molar refractivity (Wildman–Crippen MR) is 159 cm³/mol. The van der Waals surface area contributed by atoms with Crippen molar-refractivity contribution in [1.82, 2.24) is 10.8 Å². The fourth-order valence-corrected chi connectivity index (χ4v) is 6.02. The predicted octanol–water partition coefficient (Wildman–Crippen LogP) is 5.13. The smallest absolute Gasteiger partial charge is 0.416 e. The molecule has 1 fully saturated rings. The van der Waals surface area contributed by atoms with E-state index in [1.54, 1.807) is 17.0 Å². The molecule has 3 aromatic carbocycles. The fraction of sp³-hybridized carbons (Fsp3) is 0.355. The summed E-state index contributed by atoms with van der Waals surface area (Å²) in [6.45, 7) is -1.70. The Labute approximate surface area is 267 Å². The first kappa shape index (κ1) is 35.6. The minimum absolute atomic E-state index is 0.0715. The summed E-state index contributed by atoms with van der Waals surface area (Å²) in [6, 6.07) is 14.3. The molecule has 10 nitrogen and oxygen atoms in total. The van der Waals surface area contributed by atoms with Crippen LogP contribution in [0.5, 0.6) is 5.75 Å². The Morgan fingerprint density at radius 3 is 2.19 bits per heavy atom. The van der Waals surface area contributed by atoms with Gasteiger partial charge < -0.3 is 19.7 Å². The lowest BCUT2D eigenvalue weighted by Crippen LogP contribution is -2.34. The van der Waals surface area contributed by atoms with Crippen LogP contribution in [0.4, 0.5) is 27.6 Å². The minimum atomic E-state index is -4.51. The molecule has 1 heterocycles. The molecule has 3 atom stereocenters. The van der Waals surface area contributed by atoms with Crippen LogP contribution in [0.25, 0.3) is 0 Å². The van der Waals surface area contributed by atoms with Gasteiger partial charge in [0, 0.05) is 17.7 Å². The SMILES string of the molecule is CCS(=O)(=O)c1ccc([C@H](CC(=O)NO)NC(=O)c2ccc(N3C[C@@H](Oc4ccc(C(F)(F)F)cc4)C[C@H]3COC(F)F)cc2)cc1. The highest BCUT2D eigenvalue weighted by Crippen LogP contribution is 2.33. The highest BCUT2D eigenvalue weighted by molar-refractivity contribution is 7.91. The zero-order valence-electron chi connectivity index (χ0n) is 24.9. The molecule has 0 aliphatic carbocycles. The standard InChI is InChI=1S/C31H32F5N3O7S/c1-2-47(43,44)26-13-5-19(6-14-26)27(16-28(40)38-42)37-29(41)20-3-9-22(10-4-20)39-17-25(15-23(39)18-45-30(32)33)46-24-11-7-21(8-12-24)31(34,35)36/h3-14,23,25,27,30,42H,2,15-18H2,1H3,(H,37,41)(H,38,40)/t23-,25-,27-/m0/s1. The summed E-state index contributed by atoms with van der Waals surface area (Å²) < 4.78 is 99.2. The average Bonchev–Trinajstić information content (AvgIpc) is 3.45. The molecular formula is C31H32F5N3O7S. The number of rotatable bonds is 13. The van der Waals surface area contributed by atoms with Crippen LogP contribution in [0.2, 0.25) is 0 Å². The van der Waals surface area contributed by atoms with Crippen molar-refractivity contribution < 1.29 is 54.6 Å². The molecule has 16 heteroatoms. The summed E-state index contributed by atoms with van der Waals surface area (Å²) in [5, 5.41) is 11.7. The molecule has 0 aromatic heterocycles. The zero-order valence-corrected chi connectivity index (χ0v) is 25.7. The minimum Gasteiger partial charge on any atom is -0.489 e. The van der Waals surface area contributed by atoms with Crippen LogP contribution in [0.3, 0.4) is 0 Å². The van der Waals surface area contributed by atoms with Crippen LogP contribution in [0, 0.1) is 0 Å². The molecule has 254 valence electrons. The maximum Gasteiger partial charge on any atom is 0.416 e. The third-order valence-electron chi connectivity index (χ3n) is 7.58. The normalized spacial score (nSPS) is 17.4. The Hall–Kier alpha value is -4.28. The van der Waals surface area contributed by atoms with E-state index < -0.39 is 58.2 Å². The molecule has 0 unspecified atom stereocenters. The molecule has 0 spiro atoms. The van der Waals surface area contributed by atoms with Crippen LogP contribution in [0.1, 0.15) is 47.3 Å². The van der Waals surface area contributed by atoms with Crippen LogP contribution in [0.15, 0.2) is 77.7 Å². The molecule has 2 amide bonds. The monoisotopic (exact) mass is 685 g/mol. The molecule has 1 aliphatic heterocycles. The molecular weight excluding hydrogens is 653 g/mol. The number of hydrogen-bond acceptors (Lipinski definition) is 8. The van der Waals surface area contributed by atoms with Crippen LogP contribution >= 0.6 is 0 Å².